The van der Waals surface area contributed by atoms with Gasteiger partial charge in [0.1, 0.15) is 5.75 Å². The van der Waals surface area contributed by atoms with E-state index in [0.29, 0.717) is 13.0 Å². The van der Waals surface area contributed by atoms with E-state index in [4.69, 9.17) is 4.74 Å². The number of pyridine rings is 1. The quantitative estimate of drug-likeness (QED) is 0.817. The van der Waals surface area contributed by atoms with Gasteiger partial charge in [0.25, 0.3) is 0 Å². The Morgan fingerprint density at radius 1 is 1.00 bits per heavy atom. The summed E-state index contributed by atoms with van der Waals surface area (Å²) in [6, 6.07) is 13.7. The molecule has 1 aliphatic rings. The average Bonchev–Trinajstić information content (AvgIpc) is 2.64. The van der Waals surface area contributed by atoms with Crippen molar-refractivity contribution < 1.29 is 9.53 Å². The highest BCUT2D eigenvalue weighted by Gasteiger charge is 2.20. The summed E-state index contributed by atoms with van der Waals surface area (Å²) in [6.45, 7) is 4.74. The maximum Gasteiger partial charge on any atom is 0.226 e. The van der Waals surface area contributed by atoms with Crippen molar-refractivity contribution in [3.8, 4) is 5.75 Å². The standard InChI is InChI=1S/C19H23N3O2/c23-19(8-15-24-18-4-2-1-3-5-18)22-13-11-21(12-14-22)16-17-6-9-20-10-7-17/h1-7,9-10H,8,11-16H2. The van der Waals surface area contributed by atoms with E-state index in [1.807, 2.05) is 59.8 Å². The fourth-order valence-corrected chi connectivity index (χ4v) is 2.83. The monoisotopic (exact) mass is 325 g/mol. The maximum absolute atomic E-state index is 12.3. The molecule has 5 nitrogen and oxygen atoms in total. The maximum atomic E-state index is 12.3. The molecule has 0 saturated carbocycles. The van der Waals surface area contributed by atoms with Gasteiger partial charge in [-0.2, -0.15) is 0 Å². The Hall–Kier alpha value is -2.40. The molecule has 5 heteroatoms. The smallest absolute Gasteiger partial charge is 0.226 e. The number of benzene rings is 1. The summed E-state index contributed by atoms with van der Waals surface area (Å²) < 4.78 is 5.60. The molecule has 0 spiro atoms. The normalized spacial score (nSPS) is 15.2. The Kier molecular flexibility index (Phi) is 5.80. The summed E-state index contributed by atoms with van der Waals surface area (Å²) in [5, 5.41) is 0. The fourth-order valence-electron chi connectivity index (χ4n) is 2.83. The van der Waals surface area contributed by atoms with Gasteiger partial charge in [-0.3, -0.25) is 14.7 Å². The number of hydrogen-bond acceptors (Lipinski definition) is 4. The van der Waals surface area contributed by atoms with Crippen molar-refractivity contribution in [2.75, 3.05) is 32.8 Å². The van der Waals surface area contributed by atoms with Crippen LogP contribution < -0.4 is 4.74 Å². The number of carbonyl (C=O) groups is 1. The molecule has 1 amide bonds. The molecule has 1 aliphatic heterocycles. The zero-order valence-electron chi connectivity index (χ0n) is 13.8. The number of rotatable bonds is 6. The van der Waals surface area contributed by atoms with Gasteiger partial charge >= 0.3 is 0 Å². The lowest BCUT2D eigenvalue weighted by atomic mass is 10.2. The predicted molar refractivity (Wildman–Crippen MR) is 92.6 cm³/mol. The van der Waals surface area contributed by atoms with Crippen molar-refractivity contribution in [1.82, 2.24) is 14.8 Å². The highest BCUT2D eigenvalue weighted by Crippen LogP contribution is 2.11. The number of para-hydroxylation sites is 1. The molecule has 0 atom stereocenters. The Morgan fingerprint density at radius 3 is 2.42 bits per heavy atom. The van der Waals surface area contributed by atoms with Gasteiger partial charge in [-0.15, -0.1) is 0 Å². The molecule has 1 aromatic heterocycles. The number of nitrogens with zero attached hydrogens (tertiary/aromatic N) is 3. The van der Waals surface area contributed by atoms with E-state index in [1.54, 1.807) is 0 Å². The Morgan fingerprint density at radius 2 is 1.71 bits per heavy atom. The Labute approximate surface area is 142 Å². The highest BCUT2D eigenvalue weighted by atomic mass is 16.5. The third-order valence-corrected chi connectivity index (χ3v) is 4.21. The van der Waals surface area contributed by atoms with Crippen LogP contribution in [0.15, 0.2) is 54.9 Å². The molecule has 0 aliphatic carbocycles. The first-order chi connectivity index (χ1) is 11.8. The van der Waals surface area contributed by atoms with Gasteiger partial charge in [-0.25, -0.2) is 0 Å². The van der Waals surface area contributed by atoms with Crippen molar-refractivity contribution >= 4 is 5.91 Å². The number of carbonyl (C=O) groups excluding carboxylic acids is 1. The lowest BCUT2D eigenvalue weighted by Gasteiger charge is -2.34. The summed E-state index contributed by atoms with van der Waals surface area (Å²) >= 11 is 0. The first-order valence-corrected chi connectivity index (χ1v) is 8.38. The van der Waals surface area contributed by atoms with Crippen LogP contribution in [0.1, 0.15) is 12.0 Å². The van der Waals surface area contributed by atoms with Crippen molar-refractivity contribution in [3.05, 3.63) is 60.4 Å². The Balaban J connectivity index is 1.37. The van der Waals surface area contributed by atoms with E-state index >= 15 is 0 Å². The number of amides is 1. The molecule has 126 valence electrons. The third kappa shape index (κ3) is 4.80. The van der Waals surface area contributed by atoms with Crippen LogP contribution >= 0.6 is 0 Å². The lowest BCUT2D eigenvalue weighted by molar-refractivity contribution is -0.133. The molecule has 1 aromatic carbocycles. The van der Waals surface area contributed by atoms with Crippen molar-refractivity contribution in [2.45, 2.75) is 13.0 Å². The van der Waals surface area contributed by atoms with Gasteiger partial charge in [0, 0.05) is 45.1 Å². The predicted octanol–water partition coefficient (Wildman–Crippen LogP) is 2.19. The van der Waals surface area contributed by atoms with Crippen LogP contribution in [-0.2, 0) is 11.3 Å². The third-order valence-electron chi connectivity index (χ3n) is 4.21. The number of ether oxygens (including phenoxy) is 1. The van der Waals surface area contributed by atoms with Gasteiger partial charge in [0.15, 0.2) is 0 Å². The molecule has 0 radical (unpaired) electrons. The molecule has 1 saturated heterocycles. The minimum absolute atomic E-state index is 0.175. The van der Waals surface area contributed by atoms with Gasteiger partial charge in [-0.1, -0.05) is 18.2 Å². The molecular weight excluding hydrogens is 302 g/mol. The van der Waals surface area contributed by atoms with E-state index in [9.17, 15) is 4.79 Å². The van der Waals surface area contributed by atoms with E-state index < -0.39 is 0 Å². The average molecular weight is 325 g/mol. The first kappa shape index (κ1) is 16.5. The second-order valence-corrected chi connectivity index (χ2v) is 5.92. The second kappa shape index (κ2) is 8.45. The molecule has 1 fully saturated rings. The summed E-state index contributed by atoms with van der Waals surface area (Å²) in [6.07, 6.45) is 4.07. The van der Waals surface area contributed by atoms with Crippen LogP contribution in [0.5, 0.6) is 5.75 Å². The summed E-state index contributed by atoms with van der Waals surface area (Å²) in [4.78, 5) is 20.6. The SMILES string of the molecule is O=C(CCOc1ccccc1)N1CCN(Cc2ccncc2)CC1. The molecule has 3 rings (SSSR count). The van der Waals surface area contributed by atoms with Gasteiger partial charge in [0.2, 0.25) is 5.91 Å². The largest absolute Gasteiger partial charge is 0.493 e. The van der Waals surface area contributed by atoms with Crippen molar-refractivity contribution in [3.63, 3.8) is 0 Å². The lowest BCUT2D eigenvalue weighted by Crippen LogP contribution is -2.48. The molecule has 0 unspecified atom stereocenters. The van der Waals surface area contributed by atoms with Crippen LogP contribution in [0.2, 0.25) is 0 Å². The molecule has 2 heterocycles. The number of piperazine rings is 1. The van der Waals surface area contributed by atoms with Crippen LogP contribution in [0.3, 0.4) is 0 Å². The van der Waals surface area contributed by atoms with Crippen LogP contribution in [-0.4, -0.2) is 53.5 Å². The van der Waals surface area contributed by atoms with Crippen LogP contribution in [0.25, 0.3) is 0 Å². The molecule has 2 aromatic rings. The minimum Gasteiger partial charge on any atom is -0.493 e. The minimum atomic E-state index is 0.175. The topological polar surface area (TPSA) is 45.7 Å². The van der Waals surface area contributed by atoms with Crippen molar-refractivity contribution in [2.24, 2.45) is 0 Å². The van der Waals surface area contributed by atoms with E-state index in [2.05, 4.69) is 9.88 Å². The van der Waals surface area contributed by atoms with Gasteiger partial charge in [-0.05, 0) is 29.8 Å². The second-order valence-electron chi connectivity index (χ2n) is 5.92. The van der Waals surface area contributed by atoms with Crippen molar-refractivity contribution in [1.29, 1.82) is 0 Å². The fraction of sp³-hybridized carbons (Fsp3) is 0.368. The van der Waals surface area contributed by atoms with E-state index in [0.717, 1.165) is 38.5 Å². The zero-order chi connectivity index (χ0) is 16.6. The summed E-state index contributed by atoms with van der Waals surface area (Å²) in [5.41, 5.74) is 1.26. The van der Waals surface area contributed by atoms with Crippen LogP contribution in [0.4, 0.5) is 0 Å². The highest BCUT2D eigenvalue weighted by molar-refractivity contribution is 5.76. The Bertz CT molecular complexity index is 626. The van der Waals surface area contributed by atoms with E-state index in [1.165, 1.54) is 5.56 Å². The number of hydrogen-bond donors (Lipinski definition) is 0. The van der Waals surface area contributed by atoms with Gasteiger partial charge in [0.05, 0.1) is 13.0 Å². The van der Waals surface area contributed by atoms with E-state index in [-0.39, 0.29) is 5.91 Å². The van der Waals surface area contributed by atoms with Crippen LogP contribution in [0, 0.1) is 0 Å². The zero-order valence-corrected chi connectivity index (χ0v) is 13.8. The first-order valence-electron chi connectivity index (χ1n) is 8.38. The summed E-state index contributed by atoms with van der Waals surface area (Å²) in [7, 11) is 0. The van der Waals surface area contributed by atoms with Gasteiger partial charge < -0.3 is 9.64 Å². The number of aromatic nitrogens is 1. The summed E-state index contributed by atoms with van der Waals surface area (Å²) in [5.74, 6) is 0.988. The molecule has 0 N–H and O–H groups in total. The molecule has 24 heavy (non-hydrogen) atoms. The molecular formula is C19H23N3O2. The molecule has 0 bridgehead atoms.